The third kappa shape index (κ3) is 4.37. The van der Waals surface area contributed by atoms with Gasteiger partial charge in [-0.05, 0) is 61.7 Å². The quantitative estimate of drug-likeness (QED) is 0.312. The third-order valence-corrected chi connectivity index (χ3v) is 6.88. The molecular weight excluding hydrogens is 454 g/mol. The fraction of sp³-hybridized carbons (Fsp3) is 0.310. The lowest BCUT2D eigenvalue weighted by Gasteiger charge is -2.18. The molecule has 1 unspecified atom stereocenters. The largest absolute Gasteiger partial charge is 0.494 e. The second-order valence-corrected chi connectivity index (χ2v) is 9.43. The van der Waals surface area contributed by atoms with Gasteiger partial charge < -0.3 is 23.7 Å². The van der Waals surface area contributed by atoms with E-state index in [0.717, 1.165) is 53.4 Å². The summed E-state index contributed by atoms with van der Waals surface area (Å²) in [6.45, 7) is 4.39. The number of aryl methyl sites for hydroxylation is 2. The van der Waals surface area contributed by atoms with Gasteiger partial charge in [-0.2, -0.15) is 0 Å². The molecule has 6 rings (SSSR count). The monoisotopic (exact) mass is 483 g/mol. The fourth-order valence-corrected chi connectivity index (χ4v) is 5.09. The van der Waals surface area contributed by atoms with Crippen LogP contribution in [0.1, 0.15) is 36.6 Å². The van der Waals surface area contributed by atoms with Crippen LogP contribution in [0.2, 0.25) is 0 Å². The Morgan fingerprint density at radius 3 is 2.81 bits per heavy atom. The van der Waals surface area contributed by atoms with Crippen molar-refractivity contribution in [3.63, 3.8) is 0 Å². The molecular formula is C29H29N3O4. The number of benzene rings is 3. The SMILES string of the molecule is Cc1cccc(OCCCCn2c(C3CC(=O)N(c4ccc5c(c4)OCO5)C3)nc3ccccc32)c1. The smallest absolute Gasteiger partial charge is 0.231 e. The van der Waals surface area contributed by atoms with Crippen LogP contribution in [0.25, 0.3) is 11.0 Å². The van der Waals surface area contributed by atoms with Crippen LogP contribution in [0.4, 0.5) is 5.69 Å². The number of aromatic nitrogens is 2. The summed E-state index contributed by atoms with van der Waals surface area (Å²) < 4.78 is 19.2. The van der Waals surface area contributed by atoms with E-state index in [4.69, 9.17) is 19.2 Å². The van der Waals surface area contributed by atoms with Gasteiger partial charge in [-0.3, -0.25) is 4.79 Å². The lowest BCUT2D eigenvalue weighted by molar-refractivity contribution is -0.117. The Morgan fingerprint density at radius 1 is 1.00 bits per heavy atom. The summed E-state index contributed by atoms with van der Waals surface area (Å²) in [7, 11) is 0. The molecule has 3 aromatic carbocycles. The van der Waals surface area contributed by atoms with E-state index < -0.39 is 0 Å². The molecule has 3 heterocycles. The molecule has 0 N–H and O–H groups in total. The first-order valence-corrected chi connectivity index (χ1v) is 12.5. The molecule has 1 aromatic heterocycles. The number of rotatable bonds is 8. The van der Waals surface area contributed by atoms with E-state index >= 15 is 0 Å². The van der Waals surface area contributed by atoms with Gasteiger partial charge in [0.15, 0.2) is 11.5 Å². The van der Waals surface area contributed by atoms with Crippen LogP contribution in [0.3, 0.4) is 0 Å². The van der Waals surface area contributed by atoms with Crippen molar-refractivity contribution in [3.8, 4) is 17.2 Å². The normalized spacial score (nSPS) is 16.8. The van der Waals surface area contributed by atoms with Crippen LogP contribution in [0.15, 0.2) is 66.7 Å². The zero-order valence-electron chi connectivity index (χ0n) is 20.4. The van der Waals surface area contributed by atoms with Gasteiger partial charge in [0, 0.05) is 37.2 Å². The van der Waals surface area contributed by atoms with Crippen LogP contribution in [0.5, 0.6) is 17.2 Å². The van der Waals surface area contributed by atoms with Gasteiger partial charge in [0.1, 0.15) is 11.6 Å². The van der Waals surface area contributed by atoms with E-state index in [0.29, 0.717) is 25.3 Å². The van der Waals surface area contributed by atoms with Gasteiger partial charge in [0.05, 0.1) is 17.6 Å². The molecule has 36 heavy (non-hydrogen) atoms. The maximum absolute atomic E-state index is 13.0. The molecule has 1 fully saturated rings. The number of hydrogen-bond donors (Lipinski definition) is 0. The summed E-state index contributed by atoms with van der Waals surface area (Å²) in [4.78, 5) is 19.9. The number of anilines is 1. The highest BCUT2D eigenvalue weighted by Gasteiger charge is 2.35. The number of hydrogen-bond acceptors (Lipinski definition) is 5. The van der Waals surface area contributed by atoms with Crippen molar-refractivity contribution in [2.75, 3.05) is 24.8 Å². The number of carbonyl (C=O) groups is 1. The first kappa shape index (κ1) is 22.5. The van der Waals surface area contributed by atoms with Crippen LogP contribution < -0.4 is 19.1 Å². The van der Waals surface area contributed by atoms with E-state index in [1.165, 1.54) is 5.56 Å². The second kappa shape index (κ2) is 9.57. The molecule has 184 valence electrons. The number of unbranched alkanes of at least 4 members (excludes halogenated alkanes) is 1. The number of para-hydroxylation sites is 2. The summed E-state index contributed by atoms with van der Waals surface area (Å²) in [5.41, 5.74) is 4.12. The summed E-state index contributed by atoms with van der Waals surface area (Å²) >= 11 is 0. The standard InChI is InChI=1S/C29H29N3O4/c1-20-7-6-8-23(15-20)34-14-5-4-13-31-25-10-3-2-9-24(25)30-29(31)21-16-28(33)32(18-21)22-11-12-26-27(17-22)36-19-35-26/h2-3,6-12,15,17,21H,4-5,13-14,16,18-19H2,1H3. The minimum atomic E-state index is 0.0267. The number of imidazole rings is 1. The molecule has 0 bridgehead atoms. The van der Waals surface area contributed by atoms with Gasteiger partial charge in [0.2, 0.25) is 12.7 Å². The molecule has 1 atom stereocenters. The minimum absolute atomic E-state index is 0.0267. The van der Waals surface area contributed by atoms with E-state index in [2.05, 4.69) is 29.7 Å². The van der Waals surface area contributed by atoms with Crippen molar-refractivity contribution in [3.05, 3.63) is 78.1 Å². The van der Waals surface area contributed by atoms with Crippen LogP contribution in [-0.2, 0) is 11.3 Å². The first-order valence-electron chi connectivity index (χ1n) is 12.5. The number of ether oxygens (including phenoxy) is 3. The second-order valence-electron chi connectivity index (χ2n) is 9.43. The van der Waals surface area contributed by atoms with Gasteiger partial charge in [0.25, 0.3) is 0 Å². The average Bonchev–Trinajstić information content (AvgIpc) is 3.60. The van der Waals surface area contributed by atoms with Crippen molar-refractivity contribution in [2.24, 2.45) is 0 Å². The highest BCUT2D eigenvalue weighted by Crippen LogP contribution is 2.39. The van der Waals surface area contributed by atoms with Crippen molar-refractivity contribution in [1.82, 2.24) is 9.55 Å². The fourth-order valence-electron chi connectivity index (χ4n) is 5.09. The maximum Gasteiger partial charge on any atom is 0.231 e. The van der Waals surface area contributed by atoms with Gasteiger partial charge in [-0.15, -0.1) is 0 Å². The predicted molar refractivity (Wildman–Crippen MR) is 138 cm³/mol. The van der Waals surface area contributed by atoms with Crippen molar-refractivity contribution >= 4 is 22.6 Å². The van der Waals surface area contributed by atoms with Crippen LogP contribution in [-0.4, -0.2) is 35.4 Å². The molecule has 2 aliphatic rings. The van der Waals surface area contributed by atoms with Crippen LogP contribution in [0, 0.1) is 6.92 Å². The van der Waals surface area contributed by atoms with E-state index in [1.54, 1.807) is 0 Å². The third-order valence-electron chi connectivity index (χ3n) is 6.88. The Balaban J connectivity index is 1.17. The van der Waals surface area contributed by atoms with Crippen molar-refractivity contribution in [1.29, 1.82) is 0 Å². The Morgan fingerprint density at radius 2 is 1.89 bits per heavy atom. The van der Waals surface area contributed by atoms with E-state index in [-0.39, 0.29) is 18.6 Å². The molecule has 7 nitrogen and oxygen atoms in total. The van der Waals surface area contributed by atoms with Crippen LogP contribution >= 0.6 is 0 Å². The van der Waals surface area contributed by atoms with E-state index in [1.807, 2.05) is 53.4 Å². The minimum Gasteiger partial charge on any atom is -0.494 e. The van der Waals surface area contributed by atoms with Gasteiger partial charge in [-0.1, -0.05) is 24.3 Å². The highest BCUT2D eigenvalue weighted by molar-refractivity contribution is 5.97. The number of nitrogens with zero attached hydrogens (tertiary/aromatic N) is 3. The Hall–Kier alpha value is -4.00. The molecule has 7 heteroatoms. The van der Waals surface area contributed by atoms with Gasteiger partial charge >= 0.3 is 0 Å². The maximum atomic E-state index is 13.0. The number of carbonyl (C=O) groups excluding carboxylic acids is 1. The average molecular weight is 484 g/mol. The molecule has 0 radical (unpaired) electrons. The Labute approximate surface area is 210 Å². The lowest BCUT2D eigenvalue weighted by atomic mass is 10.1. The summed E-state index contributed by atoms with van der Waals surface area (Å²) in [6, 6.07) is 22.0. The summed E-state index contributed by atoms with van der Waals surface area (Å²) in [6.07, 6.45) is 2.34. The molecule has 0 saturated carbocycles. The Kier molecular flexibility index (Phi) is 5.97. The van der Waals surface area contributed by atoms with Crippen molar-refractivity contribution < 1.29 is 19.0 Å². The Bertz CT molecular complexity index is 1410. The van der Waals surface area contributed by atoms with Gasteiger partial charge in [-0.25, -0.2) is 4.98 Å². The summed E-state index contributed by atoms with van der Waals surface area (Å²) in [5, 5.41) is 0. The summed E-state index contributed by atoms with van der Waals surface area (Å²) in [5.74, 6) is 3.42. The molecule has 0 aliphatic carbocycles. The number of amides is 1. The molecule has 2 aliphatic heterocycles. The molecule has 1 amide bonds. The molecule has 0 spiro atoms. The molecule has 4 aromatic rings. The zero-order valence-corrected chi connectivity index (χ0v) is 20.4. The topological polar surface area (TPSA) is 65.8 Å². The first-order chi connectivity index (χ1) is 17.7. The highest BCUT2D eigenvalue weighted by atomic mass is 16.7. The number of fused-ring (bicyclic) bond motifs is 2. The predicted octanol–water partition coefficient (Wildman–Crippen LogP) is 5.45. The van der Waals surface area contributed by atoms with E-state index in [9.17, 15) is 4.79 Å². The molecule has 1 saturated heterocycles. The lowest BCUT2D eigenvalue weighted by Crippen LogP contribution is -2.24. The van der Waals surface area contributed by atoms with Crippen molar-refractivity contribution in [2.45, 2.75) is 38.6 Å². The zero-order chi connectivity index (χ0) is 24.5.